The number of carbonyl (C=O) groups excluding carboxylic acids is 1. The molecular formula is C20H23NO3. The number of carbonyl (C=O) groups is 1. The molecule has 1 aliphatic heterocycles. The molecule has 0 radical (unpaired) electrons. The summed E-state index contributed by atoms with van der Waals surface area (Å²) in [4.78, 5) is 14.7. The number of fused-ring (bicyclic) bond motifs is 1. The zero-order valence-electron chi connectivity index (χ0n) is 14.1. The highest BCUT2D eigenvalue weighted by Gasteiger charge is 2.34. The van der Waals surface area contributed by atoms with Crippen molar-refractivity contribution >= 4 is 5.91 Å². The van der Waals surface area contributed by atoms with Gasteiger partial charge in [0.25, 0.3) is 5.91 Å². The van der Waals surface area contributed by atoms with Crippen molar-refractivity contribution in [3.8, 4) is 5.75 Å². The van der Waals surface area contributed by atoms with Crippen LogP contribution < -0.4 is 4.74 Å². The van der Waals surface area contributed by atoms with E-state index in [0.29, 0.717) is 13.0 Å². The molecule has 1 amide bonds. The maximum Gasteiger partial charge on any atom is 0.264 e. The molecule has 24 heavy (non-hydrogen) atoms. The summed E-state index contributed by atoms with van der Waals surface area (Å²) in [6.07, 6.45) is 0.0556. The molecule has 0 saturated heterocycles. The van der Waals surface area contributed by atoms with E-state index in [4.69, 9.17) is 4.74 Å². The molecule has 1 atom stereocenters. The molecule has 0 fully saturated rings. The second-order valence-electron chi connectivity index (χ2n) is 6.91. The number of rotatable bonds is 5. The van der Waals surface area contributed by atoms with Gasteiger partial charge in [0.2, 0.25) is 0 Å². The molecule has 1 heterocycles. The van der Waals surface area contributed by atoms with Crippen molar-refractivity contribution in [3.05, 3.63) is 65.7 Å². The lowest BCUT2D eigenvalue weighted by Gasteiger charge is -2.31. The molecular weight excluding hydrogens is 302 g/mol. The highest BCUT2D eigenvalue weighted by Crippen LogP contribution is 2.29. The Morgan fingerprint density at radius 1 is 1.17 bits per heavy atom. The van der Waals surface area contributed by atoms with E-state index in [-0.39, 0.29) is 12.5 Å². The third-order valence-corrected chi connectivity index (χ3v) is 4.03. The third kappa shape index (κ3) is 3.95. The van der Waals surface area contributed by atoms with Crippen LogP contribution in [0.1, 0.15) is 25.0 Å². The lowest BCUT2D eigenvalue weighted by atomic mass is 10.1. The van der Waals surface area contributed by atoms with Crippen LogP contribution in [0.5, 0.6) is 5.75 Å². The van der Waals surface area contributed by atoms with Gasteiger partial charge in [-0.05, 0) is 31.0 Å². The number of nitrogens with zero attached hydrogens (tertiary/aromatic N) is 1. The van der Waals surface area contributed by atoms with Crippen LogP contribution in [0.25, 0.3) is 0 Å². The molecule has 1 aliphatic rings. The van der Waals surface area contributed by atoms with E-state index in [2.05, 4.69) is 0 Å². The van der Waals surface area contributed by atoms with Crippen molar-refractivity contribution in [1.29, 1.82) is 0 Å². The van der Waals surface area contributed by atoms with Crippen LogP contribution in [0.3, 0.4) is 0 Å². The van der Waals surface area contributed by atoms with Gasteiger partial charge in [-0.25, -0.2) is 0 Å². The van der Waals surface area contributed by atoms with Gasteiger partial charge in [-0.15, -0.1) is 0 Å². The number of hydrogen-bond donors (Lipinski definition) is 1. The number of hydrogen-bond acceptors (Lipinski definition) is 3. The van der Waals surface area contributed by atoms with Crippen molar-refractivity contribution in [2.24, 2.45) is 0 Å². The molecule has 3 rings (SSSR count). The Morgan fingerprint density at radius 3 is 2.50 bits per heavy atom. The summed E-state index contributed by atoms with van der Waals surface area (Å²) in [7, 11) is 0. The zero-order chi connectivity index (χ0) is 17.2. The van der Waals surface area contributed by atoms with E-state index in [9.17, 15) is 9.90 Å². The zero-order valence-corrected chi connectivity index (χ0v) is 14.1. The Hall–Kier alpha value is -2.33. The van der Waals surface area contributed by atoms with Crippen molar-refractivity contribution < 1.29 is 14.6 Å². The van der Waals surface area contributed by atoms with Crippen molar-refractivity contribution in [3.63, 3.8) is 0 Å². The summed E-state index contributed by atoms with van der Waals surface area (Å²) in [5.41, 5.74) is 1.12. The van der Waals surface area contributed by atoms with E-state index in [1.807, 2.05) is 54.6 Å². The molecule has 4 heteroatoms. The Kier molecular flexibility index (Phi) is 4.58. The Morgan fingerprint density at radius 2 is 1.83 bits per heavy atom. The van der Waals surface area contributed by atoms with Crippen LogP contribution in [-0.2, 0) is 17.8 Å². The number of ether oxygens (including phenoxy) is 1. The van der Waals surface area contributed by atoms with Crippen LogP contribution in [0.15, 0.2) is 54.6 Å². The summed E-state index contributed by atoms with van der Waals surface area (Å²) in [5, 5.41) is 10.2. The van der Waals surface area contributed by atoms with Crippen LogP contribution in [0, 0.1) is 0 Å². The smallest absolute Gasteiger partial charge is 0.264 e. The van der Waals surface area contributed by atoms with Crippen LogP contribution in [0.4, 0.5) is 0 Å². The molecule has 0 saturated carbocycles. The van der Waals surface area contributed by atoms with Gasteiger partial charge in [-0.2, -0.15) is 0 Å². The van der Waals surface area contributed by atoms with Crippen molar-refractivity contribution in [2.75, 3.05) is 6.54 Å². The second kappa shape index (κ2) is 6.65. The van der Waals surface area contributed by atoms with E-state index in [1.54, 1.807) is 18.7 Å². The summed E-state index contributed by atoms with van der Waals surface area (Å²) in [6.45, 7) is 4.14. The van der Waals surface area contributed by atoms with Gasteiger partial charge in [-0.3, -0.25) is 4.79 Å². The Bertz CT molecular complexity index is 681. The highest BCUT2D eigenvalue weighted by atomic mass is 16.5. The fraction of sp³-hybridized carbons (Fsp3) is 0.350. The van der Waals surface area contributed by atoms with Crippen LogP contribution in [-0.4, -0.2) is 34.2 Å². The number of benzene rings is 2. The normalized spacial score (nSPS) is 16.4. The lowest BCUT2D eigenvalue weighted by Crippen LogP contribution is -2.47. The van der Waals surface area contributed by atoms with Gasteiger partial charge in [-0.1, -0.05) is 48.5 Å². The number of amides is 1. The maximum atomic E-state index is 13.0. The SMILES string of the molecule is CC(C)(O)CN(Cc1ccccc1)C(=O)C1Cc2ccccc2O1. The molecule has 0 bridgehead atoms. The van der Waals surface area contributed by atoms with Crippen LogP contribution >= 0.6 is 0 Å². The Balaban J connectivity index is 1.76. The minimum absolute atomic E-state index is 0.0859. The first-order valence-electron chi connectivity index (χ1n) is 8.22. The first-order chi connectivity index (χ1) is 11.4. The largest absolute Gasteiger partial charge is 0.480 e. The summed E-state index contributed by atoms with van der Waals surface area (Å²) < 4.78 is 5.83. The number of aliphatic hydroxyl groups is 1. The molecule has 2 aromatic rings. The van der Waals surface area contributed by atoms with Gasteiger partial charge in [0.05, 0.1) is 5.60 Å². The second-order valence-corrected chi connectivity index (χ2v) is 6.91. The average molecular weight is 325 g/mol. The summed E-state index contributed by atoms with van der Waals surface area (Å²) in [5.74, 6) is 0.691. The standard InChI is InChI=1S/C20H23NO3/c1-20(2,23)14-21(13-15-8-4-3-5-9-15)19(22)18-12-16-10-6-7-11-17(16)24-18/h3-11,18,23H,12-14H2,1-2H3. The summed E-state index contributed by atoms with van der Waals surface area (Å²) >= 11 is 0. The molecule has 1 N–H and O–H groups in total. The predicted octanol–water partition coefficient (Wildman–Crippen LogP) is 2.79. The molecule has 126 valence electrons. The van der Waals surface area contributed by atoms with Gasteiger partial charge in [0.15, 0.2) is 6.10 Å². The van der Waals surface area contributed by atoms with E-state index < -0.39 is 11.7 Å². The molecule has 2 aromatic carbocycles. The molecule has 0 spiro atoms. The molecule has 1 unspecified atom stereocenters. The lowest BCUT2D eigenvalue weighted by molar-refractivity contribution is -0.141. The molecule has 0 aromatic heterocycles. The quantitative estimate of drug-likeness (QED) is 0.919. The van der Waals surface area contributed by atoms with Crippen LogP contribution in [0.2, 0.25) is 0 Å². The maximum absolute atomic E-state index is 13.0. The Labute approximate surface area is 142 Å². The minimum atomic E-state index is -0.962. The first-order valence-corrected chi connectivity index (χ1v) is 8.22. The fourth-order valence-corrected chi connectivity index (χ4v) is 3.01. The first kappa shape index (κ1) is 16.5. The van der Waals surface area contributed by atoms with Gasteiger partial charge >= 0.3 is 0 Å². The van der Waals surface area contributed by atoms with Gasteiger partial charge in [0.1, 0.15) is 5.75 Å². The van der Waals surface area contributed by atoms with Crippen molar-refractivity contribution in [1.82, 2.24) is 4.90 Å². The van der Waals surface area contributed by atoms with E-state index in [1.165, 1.54) is 0 Å². The molecule has 4 nitrogen and oxygen atoms in total. The number of para-hydroxylation sites is 1. The average Bonchev–Trinajstić information content (AvgIpc) is 2.97. The van der Waals surface area contributed by atoms with Gasteiger partial charge < -0.3 is 14.7 Å². The van der Waals surface area contributed by atoms with Gasteiger partial charge in [0, 0.05) is 19.5 Å². The third-order valence-electron chi connectivity index (χ3n) is 4.03. The van der Waals surface area contributed by atoms with Crippen molar-refractivity contribution in [2.45, 2.75) is 38.5 Å². The topological polar surface area (TPSA) is 49.8 Å². The highest BCUT2D eigenvalue weighted by molar-refractivity contribution is 5.82. The monoisotopic (exact) mass is 325 g/mol. The predicted molar refractivity (Wildman–Crippen MR) is 92.7 cm³/mol. The fourth-order valence-electron chi connectivity index (χ4n) is 3.01. The van der Waals surface area contributed by atoms with E-state index in [0.717, 1.165) is 16.9 Å². The molecule has 0 aliphatic carbocycles. The minimum Gasteiger partial charge on any atom is -0.480 e. The van der Waals surface area contributed by atoms with E-state index >= 15 is 0 Å². The summed E-state index contributed by atoms with van der Waals surface area (Å²) in [6, 6.07) is 17.5.